The van der Waals surface area contributed by atoms with Gasteiger partial charge in [-0.05, 0) is 78.3 Å². The van der Waals surface area contributed by atoms with Crippen LogP contribution in [0.3, 0.4) is 0 Å². The third-order valence-corrected chi connectivity index (χ3v) is 7.55. The second-order valence-corrected chi connectivity index (χ2v) is 11.9. The maximum absolute atomic E-state index is 13.2. The minimum atomic E-state index is -4.20. The first kappa shape index (κ1) is 38.1. The van der Waals surface area contributed by atoms with Crippen LogP contribution in [0.1, 0.15) is 48.4 Å². The number of hydrogen-bond acceptors (Lipinski definition) is 15. The average Bonchev–Trinajstić information content (AvgIpc) is 3.36. The third-order valence-electron chi connectivity index (χ3n) is 6.25. The van der Waals surface area contributed by atoms with Crippen LogP contribution in [0, 0.1) is 5.92 Å². The van der Waals surface area contributed by atoms with Gasteiger partial charge < -0.3 is 42.4 Å². The van der Waals surface area contributed by atoms with Crippen LogP contribution in [0.25, 0.3) is 0 Å². The number of para-hydroxylation sites is 2. The molecule has 0 amide bonds. The maximum atomic E-state index is 13.2. The Kier molecular flexibility index (Phi) is 17.1. The molecule has 1 aromatic carbocycles. The van der Waals surface area contributed by atoms with Crippen LogP contribution in [0.5, 0.6) is 11.5 Å². The van der Waals surface area contributed by atoms with Gasteiger partial charge in [0, 0.05) is 13.9 Å². The smallest absolute Gasteiger partial charge is 0.493 e. The zero-order valence-corrected chi connectivity index (χ0v) is 27.9. The number of carbonyl (C=O) groups is 2. The van der Waals surface area contributed by atoms with E-state index >= 15 is 0 Å². The first-order valence-corrected chi connectivity index (χ1v) is 15.9. The summed E-state index contributed by atoms with van der Waals surface area (Å²) in [5, 5.41) is 0. The summed E-state index contributed by atoms with van der Waals surface area (Å²) in [4.78, 5) is 24.9. The summed E-state index contributed by atoms with van der Waals surface area (Å²) in [6.45, 7) is 5.53. The minimum absolute atomic E-state index is 0. The highest BCUT2D eigenvalue weighted by Crippen LogP contribution is 2.53. The van der Waals surface area contributed by atoms with E-state index in [9.17, 15) is 14.2 Å². The fourth-order valence-corrected chi connectivity index (χ4v) is 5.26. The van der Waals surface area contributed by atoms with E-state index in [0.717, 1.165) is 30.9 Å². The Morgan fingerprint density at radius 3 is 1.84 bits per heavy atom. The van der Waals surface area contributed by atoms with Crippen LogP contribution in [0.4, 0.5) is 9.59 Å². The van der Waals surface area contributed by atoms with E-state index in [-0.39, 0.29) is 19.7 Å². The van der Waals surface area contributed by atoms with Crippen molar-refractivity contribution in [1.82, 2.24) is 4.90 Å². The van der Waals surface area contributed by atoms with Gasteiger partial charge in [0.25, 0.3) is 0 Å². The molecule has 0 radical (unpaired) electrons. The van der Waals surface area contributed by atoms with Crippen LogP contribution >= 0.6 is 7.82 Å². The number of nitrogens with zero attached hydrogens (tertiary/aromatic N) is 1. The summed E-state index contributed by atoms with van der Waals surface area (Å²) in [5.74, 6) is 2.53. The molecule has 2 unspecified atom stereocenters. The van der Waals surface area contributed by atoms with Crippen molar-refractivity contribution in [2.24, 2.45) is 5.92 Å². The normalized spacial score (nSPS) is 17.8. The SMILES string of the molecule is CC(C)OC(=O)OCOCOP(=O)(OCOCOC(=O)OC(C)C)OC1=CC2C(CC1)CCN2C.COc1ccccc1OC.[HH]. The van der Waals surface area contributed by atoms with E-state index in [1.165, 1.54) is 0 Å². The first-order valence-electron chi connectivity index (χ1n) is 14.4. The van der Waals surface area contributed by atoms with Gasteiger partial charge in [-0.15, -0.1) is 0 Å². The van der Waals surface area contributed by atoms with Crippen LogP contribution in [0.2, 0.25) is 0 Å². The number of hydrogen-bond donors (Lipinski definition) is 0. The molecule has 1 fully saturated rings. The van der Waals surface area contributed by atoms with Gasteiger partial charge in [0.1, 0.15) is 5.76 Å². The lowest BCUT2D eigenvalue weighted by Gasteiger charge is -2.29. The van der Waals surface area contributed by atoms with Crippen molar-refractivity contribution in [3.63, 3.8) is 0 Å². The van der Waals surface area contributed by atoms with E-state index in [1.54, 1.807) is 41.9 Å². The number of benzene rings is 1. The monoisotopic (exact) mass is 665 g/mol. The number of ether oxygens (including phenoxy) is 8. The Bertz CT molecular complexity index is 1060. The number of likely N-dealkylation sites (tertiary alicyclic amines) is 1. The molecular weight excluding hydrogens is 617 g/mol. The van der Waals surface area contributed by atoms with Crippen molar-refractivity contribution in [3.8, 4) is 11.5 Å². The van der Waals surface area contributed by atoms with Crippen LogP contribution in [0.15, 0.2) is 36.1 Å². The first-order chi connectivity index (χ1) is 21.5. The van der Waals surface area contributed by atoms with Crippen molar-refractivity contribution in [2.45, 2.75) is 65.2 Å². The molecule has 1 heterocycles. The molecule has 1 aromatic rings. The molecule has 15 nitrogen and oxygen atoms in total. The lowest BCUT2D eigenvalue weighted by atomic mass is 9.89. The zero-order valence-electron chi connectivity index (χ0n) is 27.0. The number of phosphoric acid groups is 1. The molecule has 1 saturated heterocycles. The Labute approximate surface area is 265 Å². The van der Waals surface area contributed by atoms with Crippen molar-refractivity contribution in [3.05, 3.63) is 36.1 Å². The standard InChI is InChI=1S/C21H36NO12P.C8H10O2.H2/c1-15(2)32-20(23)28-11-26-13-30-35(25,31-14-27-12-29-21(24)33-16(3)4)34-18-7-6-17-8-9-22(5)19(17)10-18;1-9-7-5-3-4-6-8(7)10-2;/h10,15-17,19H,6-9,11-14H2,1-5H3;3-6H,1-2H3;1H. The quantitative estimate of drug-likeness (QED) is 0.0866. The van der Waals surface area contributed by atoms with Crippen molar-refractivity contribution in [2.75, 3.05) is 55.0 Å². The highest BCUT2D eigenvalue weighted by Gasteiger charge is 2.37. The van der Waals surface area contributed by atoms with Crippen LogP contribution in [-0.4, -0.2) is 90.4 Å². The Morgan fingerprint density at radius 1 is 0.867 bits per heavy atom. The largest absolute Gasteiger partial charge is 0.534 e. The molecule has 0 N–H and O–H groups in total. The number of likely N-dealkylation sites (N-methyl/N-ethyl adjacent to an activating group) is 1. The molecule has 2 aliphatic rings. The van der Waals surface area contributed by atoms with Gasteiger partial charge in [-0.2, -0.15) is 0 Å². The number of rotatable bonds is 16. The molecule has 45 heavy (non-hydrogen) atoms. The number of fused-ring (bicyclic) bond motifs is 1. The number of methoxy groups -OCH3 is 2. The molecule has 2 atom stereocenters. The summed E-state index contributed by atoms with van der Waals surface area (Å²) in [6, 6.07) is 7.71. The number of carbonyl (C=O) groups excluding carboxylic acids is 2. The Balaban J connectivity index is 0.000000817. The number of allylic oxidation sites excluding steroid dienone is 1. The van der Waals surface area contributed by atoms with Crippen molar-refractivity contribution >= 4 is 20.1 Å². The van der Waals surface area contributed by atoms with Gasteiger partial charge in [0.05, 0.1) is 26.4 Å². The van der Waals surface area contributed by atoms with E-state index < -0.39 is 47.3 Å². The maximum Gasteiger partial charge on any atom is 0.534 e. The van der Waals surface area contributed by atoms with Gasteiger partial charge in [-0.25, -0.2) is 23.2 Å². The van der Waals surface area contributed by atoms with Crippen molar-refractivity contribution in [1.29, 1.82) is 0 Å². The van der Waals surface area contributed by atoms with Crippen LogP contribution < -0.4 is 9.47 Å². The van der Waals surface area contributed by atoms with Gasteiger partial charge in [0.2, 0.25) is 0 Å². The molecule has 1 aliphatic heterocycles. The third kappa shape index (κ3) is 14.7. The second kappa shape index (κ2) is 20.1. The zero-order chi connectivity index (χ0) is 33.2. The molecule has 3 rings (SSSR count). The van der Waals surface area contributed by atoms with Gasteiger partial charge >= 0.3 is 20.1 Å². The summed E-state index contributed by atoms with van der Waals surface area (Å²) in [6.07, 6.45) is 1.94. The average molecular weight is 666 g/mol. The van der Waals surface area contributed by atoms with Gasteiger partial charge in [-0.3, -0.25) is 4.90 Å². The second-order valence-electron chi connectivity index (χ2n) is 10.3. The minimum Gasteiger partial charge on any atom is -0.493 e. The summed E-state index contributed by atoms with van der Waals surface area (Å²) in [5.41, 5.74) is 0. The molecule has 0 bridgehead atoms. The highest BCUT2D eigenvalue weighted by molar-refractivity contribution is 7.48. The van der Waals surface area contributed by atoms with E-state index in [4.69, 9.17) is 51.5 Å². The van der Waals surface area contributed by atoms with Gasteiger partial charge in [-0.1, -0.05) is 12.1 Å². The Morgan fingerprint density at radius 2 is 1.38 bits per heavy atom. The highest BCUT2D eigenvalue weighted by atomic mass is 31.2. The summed E-state index contributed by atoms with van der Waals surface area (Å²) < 4.78 is 68.3. The Hall–Kier alpha value is -3.07. The molecule has 258 valence electrons. The molecular formula is C29H48NO14P. The van der Waals surface area contributed by atoms with Crippen LogP contribution in [-0.2, 0) is 46.6 Å². The molecule has 0 saturated carbocycles. The summed E-state index contributed by atoms with van der Waals surface area (Å²) >= 11 is 0. The van der Waals surface area contributed by atoms with E-state index in [0.29, 0.717) is 18.1 Å². The van der Waals surface area contributed by atoms with E-state index in [2.05, 4.69) is 4.90 Å². The molecule has 0 spiro atoms. The molecule has 16 heteroatoms. The lowest BCUT2D eigenvalue weighted by molar-refractivity contribution is -0.114. The van der Waals surface area contributed by atoms with E-state index in [1.807, 2.05) is 37.4 Å². The predicted octanol–water partition coefficient (Wildman–Crippen LogP) is 6.08. The fourth-order valence-electron chi connectivity index (χ4n) is 4.23. The molecule has 1 aliphatic carbocycles. The summed E-state index contributed by atoms with van der Waals surface area (Å²) in [7, 11) is 1.07. The topological polar surface area (TPSA) is 156 Å². The predicted molar refractivity (Wildman–Crippen MR) is 161 cm³/mol. The fraction of sp³-hybridized carbons (Fsp3) is 0.655. The number of phosphoric ester groups is 1. The van der Waals surface area contributed by atoms with Gasteiger partial charge in [0.15, 0.2) is 38.7 Å². The molecule has 0 aromatic heterocycles. The van der Waals surface area contributed by atoms with Crippen molar-refractivity contribution < 1.29 is 67.0 Å². The lowest BCUT2D eigenvalue weighted by Crippen LogP contribution is -2.30.